The van der Waals surface area contributed by atoms with E-state index in [1.54, 1.807) is 42.6 Å². The highest BCUT2D eigenvalue weighted by atomic mass is 16.5. The number of hydrogen-bond acceptors (Lipinski definition) is 10. The van der Waals surface area contributed by atoms with Crippen LogP contribution >= 0.6 is 0 Å². The molecule has 1 fully saturated rings. The number of nitrogens with one attached hydrogen (secondary N) is 2. The number of phenolic OH excluding ortho intramolecular Hbond substituents is 4. The highest BCUT2D eigenvalue weighted by molar-refractivity contribution is 5.87. The van der Waals surface area contributed by atoms with Crippen LogP contribution in [0, 0.1) is 17.8 Å². The number of Topliss-reactive ketones (excluding diaryl/α,β-unsaturated/α-hetero) is 1. The van der Waals surface area contributed by atoms with Gasteiger partial charge in [-0.3, -0.25) is 4.79 Å². The van der Waals surface area contributed by atoms with Gasteiger partial charge in [0.25, 0.3) is 0 Å². The topological polar surface area (TPSA) is 177 Å². The number of carbonyl (C=O) groups excluding carboxylic acids is 1. The number of anilines is 2. The molecule has 4 aromatic carbocycles. The number of ketones is 1. The lowest BCUT2D eigenvalue weighted by Gasteiger charge is -2.45. The Morgan fingerprint density at radius 2 is 1.70 bits per heavy atom. The van der Waals surface area contributed by atoms with E-state index in [9.17, 15) is 25.5 Å². The molecule has 7 rings (SSSR count). The molecule has 60 heavy (non-hydrogen) atoms. The summed E-state index contributed by atoms with van der Waals surface area (Å²) in [7, 11) is 1.49. The first-order valence-electron chi connectivity index (χ1n) is 20.8. The van der Waals surface area contributed by atoms with Crippen molar-refractivity contribution in [2.45, 2.75) is 76.7 Å². The van der Waals surface area contributed by atoms with Gasteiger partial charge in [-0.25, -0.2) is 4.98 Å². The standard InChI is InChI=1S/C49H55N3O8/c1-30(2)29-60-45-24-32(22-43(57)48(45)58)10-17-42(56)47(41(55)16-9-31-8-15-40(54)44(23-31)59-3)49(19-4-6-35(49)27-37-7-5-20-50-37)36-18-21-51-46(28-36)52-38-13-11-34-26-39(53)14-12-33(34)25-38/h5,7-8,11-15,18,20-26,28,30,35,41,47,50,53-55,57-58H,4,6,9-10,16-17,19,27,29H2,1-3H3,(H,51,52). The monoisotopic (exact) mass is 813 g/mol. The predicted octanol–water partition coefficient (Wildman–Crippen LogP) is 9.26. The second-order valence-corrected chi connectivity index (χ2v) is 16.6. The van der Waals surface area contributed by atoms with E-state index < -0.39 is 17.4 Å². The maximum atomic E-state index is 15.2. The summed E-state index contributed by atoms with van der Waals surface area (Å²) in [6, 6.07) is 27.4. The number of aliphatic hydroxyl groups excluding tert-OH is 1. The predicted molar refractivity (Wildman–Crippen MR) is 233 cm³/mol. The Bertz CT molecular complexity index is 2410. The highest BCUT2D eigenvalue weighted by Gasteiger charge is 2.54. The first-order valence-corrected chi connectivity index (χ1v) is 20.8. The van der Waals surface area contributed by atoms with Gasteiger partial charge in [0.2, 0.25) is 5.75 Å². The van der Waals surface area contributed by atoms with Crippen LogP contribution in [0.1, 0.15) is 68.3 Å². The van der Waals surface area contributed by atoms with Crippen LogP contribution in [0.3, 0.4) is 0 Å². The number of carbonyl (C=O) groups is 1. The fraction of sp³-hybridized carbons (Fsp3) is 0.347. The Morgan fingerprint density at radius 1 is 0.900 bits per heavy atom. The van der Waals surface area contributed by atoms with Crippen molar-refractivity contribution in [2.75, 3.05) is 19.0 Å². The molecule has 11 nitrogen and oxygen atoms in total. The second-order valence-electron chi connectivity index (χ2n) is 16.6. The number of aromatic nitrogens is 2. The van der Waals surface area contributed by atoms with Crippen LogP contribution in [0.2, 0.25) is 0 Å². The number of methoxy groups -OCH3 is 1. The zero-order valence-electron chi connectivity index (χ0n) is 34.4. The molecule has 0 saturated heterocycles. The zero-order chi connectivity index (χ0) is 42.4. The van der Waals surface area contributed by atoms with E-state index in [-0.39, 0.29) is 65.6 Å². The minimum Gasteiger partial charge on any atom is -0.508 e. The van der Waals surface area contributed by atoms with Gasteiger partial charge in [-0.15, -0.1) is 0 Å². The summed E-state index contributed by atoms with van der Waals surface area (Å²) >= 11 is 0. The van der Waals surface area contributed by atoms with E-state index in [4.69, 9.17) is 14.5 Å². The molecule has 2 aromatic heterocycles. The third-order valence-electron chi connectivity index (χ3n) is 12.0. The van der Waals surface area contributed by atoms with Crippen LogP contribution in [-0.2, 0) is 29.5 Å². The van der Waals surface area contributed by atoms with Gasteiger partial charge in [0.15, 0.2) is 23.0 Å². The van der Waals surface area contributed by atoms with Crippen molar-refractivity contribution >= 4 is 28.1 Å². The van der Waals surface area contributed by atoms with Crippen LogP contribution in [0.15, 0.2) is 103 Å². The van der Waals surface area contributed by atoms with E-state index in [1.165, 1.54) is 13.2 Å². The Hall–Kier alpha value is -6.20. The van der Waals surface area contributed by atoms with Crippen LogP contribution in [0.4, 0.5) is 11.5 Å². The molecule has 1 aliphatic carbocycles. The normalized spacial score (nSPS) is 17.4. The average molecular weight is 814 g/mol. The molecule has 314 valence electrons. The molecule has 7 N–H and O–H groups in total. The van der Waals surface area contributed by atoms with Gasteiger partial charge in [0.1, 0.15) is 17.4 Å². The van der Waals surface area contributed by atoms with E-state index in [0.717, 1.165) is 46.1 Å². The number of fused-ring (bicyclic) bond motifs is 1. The average Bonchev–Trinajstić information content (AvgIpc) is 3.91. The van der Waals surface area contributed by atoms with E-state index in [1.807, 2.05) is 62.5 Å². The number of aromatic hydroxyl groups is 4. The summed E-state index contributed by atoms with van der Waals surface area (Å²) < 4.78 is 11.2. The minimum atomic E-state index is -1.05. The number of rotatable bonds is 18. The Morgan fingerprint density at radius 3 is 2.48 bits per heavy atom. The molecule has 0 radical (unpaired) electrons. The maximum absolute atomic E-state index is 15.2. The lowest BCUT2D eigenvalue weighted by atomic mass is 9.59. The second kappa shape index (κ2) is 18.4. The molecule has 0 bridgehead atoms. The van der Waals surface area contributed by atoms with E-state index >= 15 is 4.79 Å². The molecule has 0 aliphatic heterocycles. The molecule has 0 amide bonds. The minimum absolute atomic E-state index is 0.0223. The number of aromatic amines is 1. The number of benzene rings is 4. The van der Waals surface area contributed by atoms with Gasteiger partial charge >= 0.3 is 0 Å². The number of pyridine rings is 1. The highest BCUT2D eigenvalue weighted by Crippen LogP contribution is 2.54. The smallest absolute Gasteiger partial charge is 0.200 e. The van der Waals surface area contributed by atoms with Gasteiger partial charge in [0.05, 0.1) is 25.7 Å². The summed E-state index contributed by atoms with van der Waals surface area (Å²) in [4.78, 5) is 23.3. The third-order valence-corrected chi connectivity index (χ3v) is 12.0. The summed E-state index contributed by atoms with van der Waals surface area (Å²) in [6.45, 7) is 4.32. The lowest BCUT2D eigenvalue weighted by Crippen LogP contribution is -2.49. The van der Waals surface area contributed by atoms with Crippen LogP contribution in [-0.4, -0.2) is 61.1 Å². The van der Waals surface area contributed by atoms with Crippen molar-refractivity contribution in [3.63, 3.8) is 0 Å². The first kappa shape index (κ1) is 41.9. The molecule has 1 aliphatic rings. The van der Waals surface area contributed by atoms with Crippen molar-refractivity contribution < 1.29 is 39.8 Å². The molecular weight excluding hydrogens is 759 g/mol. The third kappa shape index (κ3) is 9.31. The van der Waals surface area contributed by atoms with Crippen molar-refractivity contribution in [1.82, 2.24) is 9.97 Å². The number of phenols is 4. The quantitative estimate of drug-likeness (QED) is 0.0414. The van der Waals surface area contributed by atoms with Gasteiger partial charge in [-0.2, -0.15) is 0 Å². The summed E-state index contributed by atoms with van der Waals surface area (Å²) in [5, 5.41) is 59.4. The molecule has 4 atom stereocenters. The van der Waals surface area contributed by atoms with Crippen LogP contribution in [0.25, 0.3) is 10.8 Å². The van der Waals surface area contributed by atoms with E-state index in [2.05, 4.69) is 16.4 Å². The molecule has 0 spiro atoms. The largest absolute Gasteiger partial charge is 0.508 e. The number of ether oxygens (including phenoxy) is 2. The van der Waals surface area contributed by atoms with Crippen molar-refractivity contribution in [1.29, 1.82) is 0 Å². The van der Waals surface area contributed by atoms with Crippen molar-refractivity contribution in [3.8, 4) is 34.5 Å². The maximum Gasteiger partial charge on any atom is 0.200 e. The van der Waals surface area contributed by atoms with Crippen LogP contribution < -0.4 is 14.8 Å². The SMILES string of the molecule is COc1cc(CCC(O)C(C(=O)CCc2cc(O)c(O)c(OCC(C)C)c2)C2(c3ccnc(Nc4ccc5cc(O)ccc5c4)c3)CCCC2Cc2ccc[nH]2)ccc1O. The molecule has 1 saturated carbocycles. The Balaban J connectivity index is 1.27. The van der Waals surface area contributed by atoms with Crippen molar-refractivity contribution in [2.24, 2.45) is 17.8 Å². The molecular formula is C49H55N3O8. The van der Waals surface area contributed by atoms with Crippen molar-refractivity contribution in [3.05, 3.63) is 126 Å². The Kier molecular flexibility index (Phi) is 12.8. The zero-order valence-corrected chi connectivity index (χ0v) is 34.4. The molecule has 2 heterocycles. The van der Waals surface area contributed by atoms with E-state index in [0.29, 0.717) is 43.0 Å². The summed E-state index contributed by atoms with van der Waals surface area (Å²) in [5.74, 6) is -0.113. The number of hydrogen-bond donors (Lipinski definition) is 7. The van der Waals surface area contributed by atoms with Gasteiger partial charge in [-0.1, -0.05) is 38.5 Å². The molecule has 6 aromatic rings. The number of aliphatic hydroxyl groups is 1. The Labute approximate surface area is 350 Å². The molecule has 11 heteroatoms. The number of nitrogens with zero attached hydrogens (tertiary/aromatic N) is 1. The van der Waals surface area contributed by atoms with Crippen LogP contribution in [0.5, 0.6) is 34.5 Å². The number of aryl methyl sites for hydroxylation is 2. The molecule has 4 unspecified atom stereocenters. The van der Waals surface area contributed by atoms with Gasteiger partial charge < -0.3 is 45.3 Å². The number of H-pyrrole nitrogens is 1. The van der Waals surface area contributed by atoms with Gasteiger partial charge in [-0.05, 0) is 151 Å². The fourth-order valence-corrected chi connectivity index (χ4v) is 9.15. The lowest BCUT2D eigenvalue weighted by molar-refractivity contribution is -0.131. The van der Waals surface area contributed by atoms with Gasteiger partial charge in [0, 0.05) is 35.6 Å². The summed E-state index contributed by atoms with van der Waals surface area (Å²) in [5.41, 5.74) is 3.46. The fourth-order valence-electron chi connectivity index (χ4n) is 9.15. The first-order chi connectivity index (χ1) is 28.9. The summed E-state index contributed by atoms with van der Waals surface area (Å²) in [6.07, 6.45) is 6.67.